The summed E-state index contributed by atoms with van der Waals surface area (Å²) in [5, 5.41) is 0. The fourth-order valence-corrected chi connectivity index (χ4v) is 9.69. The molecule has 9 atom stereocenters. The van der Waals surface area contributed by atoms with E-state index in [9.17, 15) is 0 Å². The molecular weight excluding hydrogens is 336 g/mol. The largest absolute Gasteiger partial charge is 0.0628 e. The molecule has 0 amide bonds. The van der Waals surface area contributed by atoms with Gasteiger partial charge in [0.05, 0.1) is 0 Å². The van der Waals surface area contributed by atoms with Crippen LogP contribution in [0.1, 0.15) is 119 Å². The molecule has 0 nitrogen and oxygen atoms in total. The van der Waals surface area contributed by atoms with E-state index < -0.39 is 0 Å². The highest BCUT2D eigenvalue weighted by atomic mass is 14.7. The van der Waals surface area contributed by atoms with Crippen molar-refractivity contribution in [3.8, 4) is 0 Å². The Morgan fingerprint density at radius 3 is 2.32 bits per heavy atom. The van der Waals surface area contributed by atoms with Crippen molar-refractivity contribution in [3.63, 3.8) is 0 Å². The molecule has 0 N–H and O–H groups in total. The Labute approximate surface area is 177 Å². The molecule has 0 bridgehead atoms. The van der Waals surface area contributed by atoms with Crippen molar-refractivity contribution in [2.24, 2.45) is 58.2 Å². The molecule has 4 fully saturated rings. The summed E-state index contributed by atoms with van der Waals surface area (Å²) in [7, 11) is 0. The van der Waals surface area contributed by atoms with Crippen LogP contribution in [0.25, 0.3) is 0 Å². The van der Waals surface area contributed by atoms with E-state index in [0.717, 1.165) is 47.3 Å². The summed E-state index contributed by atoms with van der Waals surface area (Å²) in [6, 6.07) is 0. The number of fused-ring (bicyclic) bond motifs is 5. The zero-order valence-electron chi connectivity index (χ0n) is 20.1. The van der Waals surface area contributed by atoms with Gasteiger partial charge in [-0.05, 0) is 103 Å². The van der Waals surface area contributed by atoms with E-state index in [1.165, 1.54) is 32.1 Å². The Bertz CT molecular complexity index is 534. The lowest BCUT2D eigenvalue weighted by atomic mass is 9.42. The minimum atomic E-state index is 0.657. The van der Waals surface area contributed by atoms with Crippen molar-refractivity contribution in [2.45, 2.75) is 119 Å². The molecule has 4 aliphatic rings. The highest BCUT2D eigenvalue weighted by molar-refractivity contribution is 5.10. The Morgan fingerprint density at radius 2 is 1.57 bits per heavy atom. The lowest BCUT2D eigenvalue weighted by molar-refractivity contribution is -0.137. The standard InChI is InChI=1S/C28H50/c1-19(2)10-9-11-20(3)23-13-14-24-26-21(4)18-22-12-7-8-16-27(22,5)25(26)15-17-28(23,24)6/h19-26H,7-18H2,1-6H3/t20-,21+,22?,23-,24+,25+,26+,27+,28-/m1/s1. The maximum Gasteiger partial charge on any atom is -0.0264 e. The second kappa shape index (κ2) is 7.92. The molecule has 0 spiro atoms. The van der Waals surface area contributed by atoms with Crippen LogP contribution in [0.2, 0.25) is 0 Å². The fraction of sp³-hybridized carbons (Fsp3) is 1.00. The molecule has 4 rings (SSSR count). The lowest BCUT2D eigenvalue weighted by Crippen LogP contribution is -2.55. The molecule has 0 aromatic heterocycles. The van der Waals surface area contributed by atoms with E-state index in [1.54, 1.807) is 44.9 Å². The van der Waals surface area contributed by atoms with Crippen molar-refractivity contribution in [2.75, 3.05) is 0 Å². The highest BCUT2D eigenvalue weighted by Gasteiger charge is 2.61. The van der Waals surface area contributed by atoms with Gasteiger partial charge >= 0.3 is 0 Å². The zero-order valence-corrected chi connectivity index (χ0v) is 20.1. The van der Waals surface area contributed by atoms with Crippen LogP contribution >= 0.6 is 0 Å². The molecule has 28 heavy (non-hydrogen) atoms. The first kappa shape index (κ1) is 21.2. The molecule has 0 saturated heterocycles. The van der Waals surface area contributed by atoms with Gasteiger partial charge in [-0.25, -0.2) is 0 Å². The third-order valence-electron chi connectivity index (χ3n) is 11.1. The Kier molecular flexibility index (Phi) is 6.01. The first-order valence-corrected chi connectivity index (χ1v) is 13.3. The second-order valence-electron chi connectivity index (χ2n) is 13.0. The number of hydrogen-bond acceptors (Lipinski definition) is 0. The van der Waals surface area contributed by atoms with E-state index in [4.69, 9.17) is 0 Å². The quantitative estimate of drug-likeness (QED) is 0.443. The summed E-state index contributed by atoms with van der Waals surface area (Å²) in [6.07, 6.45) is 18.2. The van der Waals surface area contributed by atoms with Gasteiger partial charge in [-0.3, -0.25) is 0 Å². The molecule has 0 aliphatic heterocycles. The van der Waals surface area contributed by atoms with Crippen molar-refractivity contribution < 1.29 is 0 Å². The zero-order chi connectivity index (χ0) is 20.1. The van der Waals surface area contributed by atoms with Gasteiger partial charge in [0.2, 0.25) is 0 Å². The summed E-state index contributed by atoms with van der Waals surface area (Å²) < 4.78 is 0. The molecule has 0 aromatic rings. The fourth-order valence-electron chi connectivity index (χ4n) is 9.69. The van der Waals surface area contributed by atoms with Crippen molar-refractivity contribution >= 4 is 0 Å². The Balaban J connectivity index is 1.50. The minimum absolute atomic E-state index is 0.657. The average molecular weight is 387 g/mol. The van der Waals surface area contributed by atoms with E-state index in [2.05, 4.69) is 41.5 Å². The second-order valence-corrected chi connectivity index (χ2v) is 13.0. The maximum atomic E-state index is 2.76. The molecule has 0 heterocycles. The summed E-state index contributed by atoms with van der Waals surface area (Å²) >= 11 is 0. The van der Waals surface area contributed by atoms with Crippen molar-refractivity contribution in [1.29, 1.82) is 0 Å². The van der Waals surface area contributed by atoms with E-state index in [1.807, 2.05) is 0 Å². The summed E-state index contributed by atoms with van der Waals surface area (Å²) in [5.74, 6) is 8.01. The van der Waals surface area contributed by atoms with Crippen LogP contribution in [0.4, 0.5) is 0 Å². The van der Waals surface area contributed by atoms with Gasteiger partial charge < -0.3 is 0 Å². The summed E-state index contributed by atoms with van der Waals surface area (Å²) in [6.45, 7) is 15.6. The first-order chi connectivity index (χ1) is 13.3. The molecule has 4 aliphatic carbocycles. The lowest BCUT2D eigenvalue weighted by Gasteiger charge is -2.62. The third kappa shape index (κ3) is 3.41. The summed E-state index contributed by atoms with van der Waals surface area (Å²) in [4.78, 5) is 0. The normalized spacial score (nSPS) is 49.4. The van der Waals surface area contributed by atoms with Crippen LogP contribution in [0, 0.1) is 58.2 Å². The maximum absolute atomic E-state index is 2.76. The predicted molar refractivity (Wildman–Crippen MR) is 122 cm³/mol. The van der Waals surface area contributed by atoms with Crippen LogP contribution in [0.5, 0.6) is 0 Å². The SMILES string of the molecule is CC(C)CCC[C@@H](C)[C@H]1CC[C@H]2[C@@H]3[C@@H](C)CC4CCCC[C@]4(C)[C@H]3CC[C@]12C. The van der Waals surface area contributed by atoms with E-state index >= 15 is 0 Å². The van der Waals surface area contributed by atoms with Crippen LogP contribution in [0.3, 0.4) is 0 Å². The third-order valence-corrected chi connectivity index (χ3v) is 11.1. The molecule has 1 unspecified atom stereocenters. The Hall–Kier alpha value is 0. The molecule has 4 saturated carbocycles. The van der Waals surface area contributed by atoms with E-state index in [0.29, 0.717) is 10.8 Å². The van der Waals surface area contributed by atoms with Crippen molar-refractivity contribution in [3.05, 3.63) is 0 Å². The minimum Gasteiger partial charge on any atom is -0.0628 e. The van der Waals surface area contributed by atoms with Crippen molar-refractivity contribution in [1.82, 2.24) is 0 Å². The van der Waals surface area contributed by atoms with Gasteiger partial charge in [0, 0.05) is 0 Å². The summed E-state index contributed by atoms with van der Waals surface area (Å²) in [5.41, 5.74) is 1.35. The molecule has 0 heteroatoms. The Morgan fingerprint density at radius 1 is 0.821 bits per heavy atom. The molecule has 162 valence electrons. The van der Waals surface area contributed by atoms with Gasteiger partial charge in [0.15, 0.2) is 0 Å². The number of hydrogen-bond donors (Lipinski definition) is 0. The highest BCUT2D eigenvalue weighted by Crippen LogP contribution is 2.69. The molecular formula is C28H50. The smallest absolute Gasteiger partial charge is 0.0264 e. The molecule has 0 aromatic carbocycles. The monoisotopic (exact) mass is 386 g/mol. The van der Waals surface area contributed by atoms with Crippen LogP contribution in [0.15, 0.2) is 0 Å². The van der Waals surface area contributed by atoms with Gasteiger partial charge in [0.1, 0.15) is 0 Å². The molecule has 0 radical (unpaired) electrons. The van der Waals surface area contributed by atoms with Crippen LogP contribution in [-0.4, -0.2) is 0 Å². The predicted octanol–water partition coefficient (Wildman–Crippen LogP) is 8.74. The first-order valence-electron chi connectivity index (χ1n) is 13.3. The van der Waals surface area contributed by atoms with E-state index in [-0.39, 0.29) is 0 Å². The number of rotatable bonds is 5. The topological polar surface area (TPSA) is 0 Å². The van der Waals surface area contributed by atoms with Gasteiger partial charge in [-0.15, -0.1) is 0 Å². The van der Waals surface area contributed by atoms with Gasteiger partial charge in [-0.1, -0.05) is 73.6 Å². The van der Waals surface area contributed by atoms with Crippen LogP contribution in [-0.2, 0) is 0 Å². The van der Waals surface area contributed by atoms with Crippen LogP contribution < -0.4 is 0 Å². The van der Waals surface area contributed by atoms with Gasteiger partial charge in [0.25, 0.3) is 0 Å². The average Bonchev–Trinajstić information content (AvgIpc) is 2.99. The van der Waals surface area contributed by atoms with Gasteiger partial charge in [-0.2, -0.15) is 0 Å².